The highest BCUT2D eigenvalue weighted by Gasteiger charge is 2.24. The first-order chi connectivity index (χ1) is 11.0. The molecular weight excluding hydrogens is 354 g/mol. The second-order valence-corrected chi connectivity index (χ2v) is 7.23. The first-order valence-corrected chi connectivity index (χ1v) is 9.04. The second-order valence-electron chi connectivity index (χ2n) is 5.47. The van der Waals surface area contributed by atoms with Crippen LogP contribution in [-0.2, 0) is 14.8 Å². The molecule has 9 heteroatoms. The van der Waals surface area contributed by atoms with Gasteiger partial charge in [0.2, 0.25) is 10.0 Å². The predicted molar refractivity (Wildman–Crippen MR) is 94.1 cm³/mol. The van der Waals surface area contributed by atoms with Crippen molar-refractivity contribution >= 4 is 28.3 Å². The Morgan fingerprint density at radius 3 is 2.62 bits per heavy atom. The largest absolute Gasteiger partial charge is 0.383 e. The number of piperazine rings is 1. The van der Waals surface area contributed by atoms with E-state index < -0.39 is 10.0 Å². The minimum atomic E-state index is -3.58. The lowest BCUT2D eigenvalue weighted by Gasteiger charge is -2.34. The van der Waals surface area contributed by atoms with Gasteiger partial charge in [0.05, 0.1) is 11.5 Å². The van der Waals surface area contributed by atoms with Crippen LogP contribution < -0.4 is 10.0 Å². The first kappa shape index (κ1) is 20.9. The Morgan fingerprint density at radius 2 is 2.04 bits per heavy atom. The fourth-order valence-electron chi connectivity index (χ4n) is 2.45. The Labute approximate surface area is 149 Å². The molecule has 2 rings (SSSR count). The lowest BCUT2D eigenvalue weighted by atomic mass is 10.1. The Kier molecular flexibility index (Phi) is 8.11. The molecule has 0 spiro atoms. The fraction of sp³-hybridized carbons (Fsp3) is 0.533. The van der Waals surface area contributed by atoms with Gasteiger partial charge in [0.25, 0.3) is 5.91 Å². The molecule has 1 atom stereocenters. The van der Waals surface area contributed by atoms with Gasteiger partial charge >= 0.3 is 0 Å². The molecule has 7 nitrogen and oxygen atoms in total. The van der Waals surface area contributed by atoms with Gasteiger partial charge in [-0.25, -0.2) is 13.1 Å². The molecule has 1 unspecified atom stereocenters. The van der Waals surface area contributed by atoms with Crippen molar-refractivity contribution in [1.29, 1.82) is 0 Å². The number of carbonyl (C=O) groups is 1. The highest BCUT2D eigenvalue weighted by atomic mass is 35.5. The SMILES string of the molecule is COCCNS(=O)(=O)c1ccc(C(=O)N2CCNCC2C)cc1.Cl. The average Bonchev–Trinajstić information content (AvgIpc) is 2.55. The number of hydrogen-bond acceptors (Lipinski definition) is 5. The molecule has 0 aliphatic carbocycles. The standard InChI is InChI=1S/C15H23N3O4S.ClH/c1-12-11-16-7-9-18(12)15(19)13-3-5-14(6-4-13)23(20,21)17-8-10-22-2;/h3-6,12,16-17H,7-11H2,1-2H3;1H. The number of ether oxygens (including phenoxy) is 1. The molecule has 1 aliphatic rings. The second kappa shape index (κ2) is 9.33. The van der Waals surface area contributed by atoms with E-state index in [1.54, 1.807) is 17.0 Å². The van der Waals surface area contributed by atoms with Crippen molar-refractivity contribution < 1.29 is 17.9 Å². The van der Waals surface area contributed by atoms with Gasteiger partial charge < -0.3 is 15.0 Å². The van der Waals surface area contributed by atoms with Crippen LogP contribution in [0.2, 0.25) is 0 Å². The number of hydrogen-bond donors (Lipinski definition) is 2. The summed E-state index contributed by atoms with van der Waals surface area (Å²) in [6.45, 7) is 4.68. The summed E-state index contributed by atoms with van der Waals surface area (Å²) in [6.07, 6.45) is 0. The lowest BCUT2D eigenvalue weighted by Crippen LogP contribution is -2.52. The molecule has 0 radical (unpaired) electrons. The fourth-order valence-corrected chi connectivity index (χ4v) is 3.46. The van der Waals surface area contributed by atoms with Crippen molar-refractivity contribution in [3.8, 4) is 0 Å². The lowest BCUT2D eigenvalue weighted by molar-refractivity contribution is 0.0655. The minimum absolute atomic E-state index is 0. The van der Waals surface area contributed by atoms with Gasteiger partial charge in [-0.3, -0.25) is 4.79 Å². The highest BCUT2D eigenvalue weighted by molar-refractivity contribution is 7.89. The summed E-state index contributed by atoms with van der Waals surface area (Å²) in [5, 5.41) is 3.23. The van der Waals surface area contributed by atoms with Crippen LogP contribution in [0.4, 0.5) is 0 Å². The highest BCUT2D eigenvalue weighted by Crippen LogP contribution is 2.14. The molecular formula is C15H24ClN3O4S. The van der Waals surface area contributed by atoms with Gasteiger partial charge in [0, 0.05) is 44.9 Å². The van der Waals surface area contributed by atoms with Crippen LogP contribution in [0.1, 0.15) is 17.3 Å². The average molecular weight is 378 g/mol. The van der Waals surface area contributed by atoms with E-state index >= 15 is 0 Å². The summed E-state index contributed by atoms with van der Waals surface area (Å²) >= 11 is 0. The Morgan fingerprint density at radius 1 is 1.38 bits per heavy atom. The summed E-state index contributed by atoms with van der Waals surface area (Å²) in [5.41, 5.74) is 0.495. The van der Waals surface area contributed by atoms with Crippen LogP contribution in [0.15, 0.2) is 29.2 Å². The van der Waals surface area contributed by atoms with Crippen LogP contribution in [-0.4, -0.2) is 65.2 Å². The molecule has 1 heterocycles. The van der Waals surface area contributed by atoms with Gasteiger partial charge in [0.15, 0.2) is 0 Å². The van der Waals surface area contributed by atoms with Gasteiger partial charge in [-0.15, -0.1) is 12.4 Å². The number of nitrogens with zero attached hydrogens (tertiary/aromatic N) is 1. The summed E-state index contributed by atoms with van der Waals surface area (Å²) in [7, 11) is -2.07. The molecule has 1 aliphatic heterocycles. The topological polar surface area (TPSA) is 87.7 Å². The number of rotatable bonds is 6. The molecule has 1 fully saturated rings. The molecule has 0 saturated carbocycles. The number of nitrogens with one attached hydrogen (secondary N) is 2. The zero-order valence-electron chi connectivity index (χ0n) is 13.8. The third kappa shape index (κ3) is 5.15. The van der Waals surface area contributed by atoms with Gasteiger partial charge in [-0.1, -0.05) is 0 Å². The van der Waals surface area contributed by atoms with Crippen LogP contribution in [0.5, 0.6) is 0 Å². The van der Waals surface area contributed by atoms with E-state index in [0.29, 0.717) is 18.7 Å². The van der Waals surface area contributed by atoms with Crippen LogP contribution in [0.25, 0.3) is 0 Å². The van der Waals surface area contributed by atoms with Gasteiger partial charge in [-0.05, 0) is 31.2 Å². The minimum Gasteiger partial charge on any atom is -0.383 e. The third-order valence-corrected chi connectivity index (χ3v) is 5.25. The van der Waals surface area contributed by atoms with E-state index in [0.717, 1.165) is 13.1 Å². The van der Waals surface area contributed by atoms with E-state index in [2.05, 4.69) is 10.0 Å². The third-order valence-electron chi connectivity index (χ3n) is 3.77. The van der Waals surface area contributed by atoms with E-state index in [-0.39, 0.29) is 35.8 Å². The maximum absolute atomic E-state index is 12.5. The maximum Gasteiger partial charge on any atom is 0.254 e. The molecule has 0 bridgehead atoms. The predicted octanol–water partition coefficient (Wildman–Crippen LogP) is 0.467. The number of halogens is 1. The summed E-state index contributed by atoms with van der Waals surface area (Å²) in [6, 6.07) is 6.14. The Bertz CT molecular complexity index is 637. The van der Waals surface area contributed by atoms with Crippen molar-refractivity contribution in [2.24, 2.45) is 0 Å². The zero-order chi connectivity index (χ0) is 16.9. The Hall–Kier alpha value is -1.19. The molecule has 24 heavy (non-hydrogen) atoms. The molecule has 0 aromatic heterocycles. The van der Waals surface area contributed by atoms with Crippen molar-refractivity contribution in [1.82, 2.24) is 14.9 Å². The van der Waals surface area contributed by atoms with Crippen molar-refractivity contribution in [3.05, 3.63) is 29.8 Å². The normalized spacial score (nSPS) is 18.1. The quantitative estimate of drug-likeness (QED) is 0.703. The van der Waals surface area contributed by atoms with Crippen LogP contribution in [0, 0.1) is 0 Å². The number of benzene rings is 1. The molecule has 136 valence electrons. The first-order valence-electron chi connectivity index (χ1n) is 7.56. The molecule has 1 saturated heterocycles. The number of methoxy groups -OCH3 is 1. The van der Waals surface area contributed by atoms with E-state index in [1.807, 2.05) is 6.92 Å². The van der Waals surface area contributed by atoms with Gasteiger partial charge in [0.1, 0.15) is 0 Å². The zero-order valence-corrected chi connectivity index (χ0v) is 15.5. The van der Waals surface area contributed by atoms with Gasteiger partial charge in [-0.2, -0.15) is 0 Å². The summed E-state index contributed by atoms with van der Waals surface area (Å²) < 4.78 is 31.4. The summed E-state index contributed by atoms with van der Waals surface area (Å²) in [4.78, 5) is 14.4. The molecule has 1 aromatic carbocycles. The molecule has 2 N–H and O–H groups in total. The van der Waals surface area contributed by atoms with E-state index in [9.17, 15) is 13.2 Å². The smallest absolute Gasteiger partial charge is 0.254 e. The van der Waals surface area contributed by atoms with Crippen molar-refractivity contribution in [3.63, 3.8) is 0 Å². The summed E-state index contributed by atoms with van der Waals surface area (Å²) in [5.74, 6) is -0.0738. The molecule has 1 amide bonds. The Balaban J connectivity index is 0.00000288. The number of carbonyl (C=O) groups excluding carboxylic acids is 1. The van der Waals surface area contributed by atoms with Crippen molar-refractivity contribution in [2.75, 3.05) is 39.9 Å². The maximum atomic E-state index is 12.5. The number of amides is 1. The van der Waals surface area contributed by atoms with Crippen LogP contribution >= 0.6 is 12.4 Å². The van der Waals surface area contributed by atoms with E-state index in [4.69, 9.17) is 4.74 Å². The monoisotopic (exact) mass is 377 g/mol. The van der Waals surface area contributed by atoms with Crippen LogP contribution in [0.3, 0.4) is 0 Å². The van der Waals surface area contributed by atoms with Crippen molar-refractivity contribution in [2.45, 2.75) is 17.9 Å². The number of sulfonamides is 1. The molecule has 1 aromatic rings. The van der Waals surface area contributed by atoms with E-state index in [1.165, 1.54) is 19.2 Å².